The molecule has 0 spiro atoms. The van der Waals surface area contributed by atoms with E-state index in [1.807, 2.05) is 0 Å². The summed E-state index contributed by atoms with van der Waals surface area (Å²) in [5, 5.41) is 3.49. The molecular weight excluding hydrogens is 302 g/mol. The fraction of sp³-hybridized carbons (Fsp3) is 0.538. The average Bonchev–Trinajstić information content (AvgIpc) is 2.37. The van der Waals surface area contributed by atoms with Crippen LogP contribution in [0.15, 0.2) is 17.0 Å². The van der Waals surface area contributed by atoms with Gasteiger partial charge in [-0.1, -0.05) is 18.5 Å². The number of fused-ring (bicyclic) bond motifs is 1. The summed E-state index contributed by atoms with van der Waals surface area (Å²) in [7, 11) is -3.33. The lowest BCUT2D eigenvalue weighted by atomic mass is 10.2. The lowest BCUT2D eigenvalue weighted by molar-refractivity contribution is 0.0903. The molecule has 7 heteroatoms. The van der Waals surface area contributed by atoms with Gasteiger partial charge in [-0.2, -0.15) is 0 Å². The highest BCUT2D eigenvalue weighted by Gasteiger charge is 2.25. The maximum absolute atomic E-state index is 11.6. The van der Waals surface area contributed by atoms with E-state index in [0.717, 1.165) is 19.2 Å². The van der Waals surface area contributed by atoms with E-state index in [4.69, 9.17) is 21.1 Å². The van der Waals surface area contributed by atoms with Crippen LogP contribution in [0.3, 0.4) is 0 Å². The molecule has 0 saturated carbocycles. The van der Waals surface area contributed by atoms with Crippen LogP contribution in [0.2, 0.25) is 5.02 Å². The average molecular weight is 320 g/mol. The Morgan fingerprint density at radius 3 is 2.85 bits per heavy atom. The Hall–Kier alpha value is -0.980. The van der Waals surface area contributed by atoms with Crippen molar-refractivity contribution < 1.29 is 17.9 Å². The number of halogens is 1. The van der Waals surface area contributed by atoms with Crippen molar-refractivity contribution >= 4 is 21.4 Å². The van der Waals surface area contributed by atoms with Gasteiger partial charge in [0, 0.05) is 18.9 Å². The van der Waals surface area contributed by atoms with Crippen molar-refractivity contribution in [3.63, 3.8) is 0 Å². The molecule has 2 rings (SSSR count). The van der Waals surface area contributed by atoms with Crippen LogP contribution in [0.4, 0.5) is 0 Å². The predicted molar refractivity (Wildman–Crippen MR) is 77.6 cm³/mol. The normalized spacial score (nSPS) is 18.1. The van der Waals surface area contributed by atoms with Crippen LogP contribution in [0, 0.1) is 0 Å². The minimum atomic E-state index is -3.33. The van der Waals surface area contributed by atoms with Crippen molar-refractivity contribution in [2.45, 2.75) is 24.3 Å². The van der Waals surface area contributed by atoms with E-state index in [9.17, 15) is 8.42 Å². The number of sulfone groups is 1. The molecule has 5 nitrogen and oxygen atoms in total. The molecule has 20 heavy (non-hydrogen) atoms. The van der Waals surface area contributed by atoms with Crippen molar-refractivity contribution in [1.29, 1.82) is 0 Å². The number of rotatable bonds is 5. The smallest absolute Gasteiger partial charge is 0.180 e. The van der Waals surface area contributed by atoms with Gasteiger partial charge in [-0.25, -0.2) is 8.42 Å². The van der Waals surface area contributed by atoms with Crippen molar-refractivity contribution in [1.82, 2.24) is 5.32 Å². The van der Waals surface area contributed by atoms with Gasteiger partial charge in [-0.15, -0.1) is 0 Å². The summed E-state index contributed by atoms with van der Waals surface area (Å²) in [6, 6.07) is 2.84. The minimum Gasteiger partial charge on any atom is -0.484 e. The summed E-state index contributed by atoms with van der Waals surface area (Å²) in [4.78, 5) is 0.131. The Balaban J connectivity index is 2.20. The third kappa shape index (κ3) is 3.56. The number of hydrogen-bond acceptors (Lipinski definition) is 5. The molecule has 0 aromatic heterocycles. The zero-order valence-electron chi connectivity index (χ0n) is 11.5. The molecule has 1 aromatic rings. The summed E-state index contributed by atoms with van der Waals surface area (Å²) in [5.41, 5.74) is 0. The second-order valence-corrected chi connectivity index (χ2v) is 7.18. The van der Waals surface area contributed by atoms with Crippen LogP contribution in [-0.2, 0) is 9.84 Å². The number of benzene rings is 1. The summed E-state index contributed by atoms with van der Waals surface area (Å²) in [5.74, 6) is 0.790. The third-order valence-electron chi connectivity index (χ3n) is 2.92. The highest BCUT2D eigenvalue weighted by molar-refractivity contribution is 7.90. The van der Waals surface area contributed by atoms with Crippen LogP contribution in [0.1, 0.15) is 13.3 Å². The monoisotopic (exact) mass is 319 g/mol. The quantitative estimate of drug-likeness (QED) is 0.840. The minimum absolute atomic E-state index is 0.131. The highest BCUT2D eigenvalue weighted by Crippen LogP contribution is 2.40. The molecule has 0 aliphatic carbocycles. The first-order valence-electron chi connectivity index (χ1n) is 6.45. The maximum Gasteiger partial charge on any atom is 0.180 e. The van der Waals surface area contributed by atoms with E-state index in [0.29, 0.717) is 24.7 Å². The van der Waals surface area contributed by atoms with Crippen molar-refractivity contribution in [3.05, 3.63) is 17.2 Å². The van der Waals surface area contributed by atoms with Gasteiger partial charge in [0.15, 0.2) is 21.3 Å². The van der Waals surface area contributed by atoms with Crippen molar-refractivity contribution in [3.8, 4) is 11.5 Å². The molecule has 1 heterocycles. The third-order valence-corrected chi connectivity index (χ3v) is 4.29. The molecule has 112 valence electrons. The van der Waals surface area contributed by atoms with Gasteiger partial charge in [0.2, 0.25) is 0 Å². The Morgan fingerprint density at radius 2 is 2.20 bits per heavy atom. The molecule has 0 unspecified atom stereocenters. The van der Waals surface area contributed by atoms with Crippen LogP contribution >= 0.6 is 11.6 Å². The van der Waals surface area contributed by atoms with Crippen LogP contribution in [0.25, 0.3) is 0 Å². The molecule has 0 radical (unpaired) electrons. The van der Waals surface area contributed by atoms with Gasteiger partial charge in [-0.05, 0) is 19.0 Å². The Kier molecular flexibility index (Phi) is 4.78. The van der Waals surface area contributed by atoms with Crippen LogP contribution < -0.4 is 14.8 Å². The first-order chi connectivity index (χ1) is 9.41. The molecule has 1 atom stereocenters. The second-order valence-electron chi connectivity index (χ2n) is 4.76. The molecule has 0 amide bonds. The highest BCUT2D eigenvalue weighted by atomic mass is 35.5. The van der Waals surface area contributed by atoms with Crippen LogP contribution in [0.5, 0.6) is 11.5 Å². The largest absolute Gasteiger partial charge is 0.484 e. The topological polar surface area (TPSA) is 64.6 Å². The van der Waals surface area contributed by atoms with E-state index in [1.54, 1.807) is 0 Å². The summed E-state index contributed by atoms with van der Waals surface area (Å²) < 4.78 is 34.5. The lowest BCUT2D eigenvalue weighted by Gasteiger charge is -2.27. The van der Waals surface area contributed by atoms with Gasteiger partial charge < -0.3 is 14.8 Å². The summed E-state index contributed by atoms with van der Waals surface area (Å²) in [6.45, 7) is 4.02. The van der Waals surface area contributed by atoms with Crippen molar-refractivity contribution in [2.75, 3.05) is 26.0 Å². The van der Waals surface area contributed by atoms with Gasteiger partial charge in [-0.3, -0.25) is 0 Å². The molecule has 1 aliphatic heterocycles. The van der Waals surface area contributed by atoms with Crippen molar-refractivity contribution in [2.24, 2.45) is 0 Å². The van der Waals surface area contributed by atoms with Gasteiger partial charge in [0.1, 0.15) is 12.7 Å². The Bertz CT molecular complexity index is 588. The molecule has 1 aromatic carbocycles. The van der Waals surface area contributed by atoms with E-state index >= 15 is 0 Å². The first-order valence-corrected chi connectivity index (χ1v) is 8.72. The summed E-state index contributed by atoms with van der Waals surface area (Å²) >= 11 is 6.04. The van der Waals surface area contributed by atoms with E-state index in [2.05, 4.69) is 12.2 Å². The summed E-state index contributed by atoms with van der Waals surface area (Å²) in [6.07, 6.45) is 2.02. The molecule has 0 bridgehead atoms. The number of hydrogen-bond donors (Lipinski definition) is 1. The van der Waals surface area contributed by atoms with E-state index in [-0.39, 0.29) is 16.0 Å². The van der Waals surface area contributed by atoms with E-state index in [1.165, 1.54) is 12.1 Å². The number of ether oxygens (including phenoxy) is 2. The van der Waals surface area contributed by atoms with Gasteiger partial charge >= 0.3 is 0 Å². The molecule has 1 N–H and O–H groups in total. The first kappa shape index (κ1) is 15.4. The fourth-order valence-corrected chi connectivity index (χ4v) is 2.90. The number of nitrogens with one attached hydrogen (secondary N) is 1. The SMILES string of the molecule is CCCNC[C@H]1COc2c(Cl)cc(S(C)(=O)=O)cc2O1. The lowest BCUT2D eigenvalue weighted by Crippen LogP contribution is -2.38. The Morgan fingerprint density at radius 1 is 1.45 bits per heavy atom. The molecule has 0 saturated heterocycles. The zero-order chi connectivity index (χ0) is 14.8. The van der Waals surface area contributed by atoms with Gasteiger partial charge in [0.05, 0.1) is 9.92 Å². The van der Waals surface area contributed by atoms with Gasteiger partial charge in [0.25, 0.3) is 0 Å². The molecule has 0 fully saturated rings. The Labute approximate surface area is 124 Å². The predicted octanol–water partition coefficient (Wildman–Crippen LogP) is 1.88. The molecular formula is C13H18ClNO4S. The second kappa shape index (κ2) is 6.20. The maximum atomic E-state index is 11.6. The van der Waals surface area contributed by atoms with E-state index < -0.39 is 9.84 Å². The molecule has 1 aliphatic rings. The zero-order valence-corrected chi connectivity index (χ0v) is 13.1. The fourth-order valence-electron chi connectivity index (χ4n) is 1.92. The van der Waals surface area contributed by atoms with Crippen LogP contribution in [-0.4, -0.2) is 40.5 Å². The standard InChI is InChI=1S/C13H18ClNO4S/c1-3-4-15-7-9-8-18-13-11(14)5-10(20(2,16)17)6-12(13)19-9/h5-6,9,15H,3-4,7-8H2,1-2H3/t9-/m0/s1.